The second-order valence-corrected chi connectivity index (χ2v) is 6.93. The Morgan fingerprint density at radius 3 is 2.52 bits per heavy atom. The molecule has 0 aliphatic carbocycles. The van der Waals surface area contributed by atoms with Crippen LogP contribution >= 0.6 is 11.8 Å². The van der Waals surface area contributed by atoms with Crippen molar-refractivity contribution in [3.8, 4) is 22.8 Å². The Morgan fingerprint density at radius 2 is 1.81 bits per heavy atom. The fourth-order valence-corrected chi connectivity index (χ4v) is 3.43. The Labute approximate surface area is 158 Å². The van der Waals surface area contributed by atoms with Crippen LogP contribution < -0.4 is 0 Å². The monoisotopic (exact) mass is 385 g/mol. The molecule has 0 saturated heterocycles. The third kappa shape index (κ3) is 3.50. The molecule has 4 aromatic rings. The number of nitrogens with zero attached hydrogens (tertiary/aromatic N) is 5. The number of thioether (sulfide) groups is 1. The van der Waals surface area contributed by atoms with Gasteiger partial charge in [0.2, 0.25) is 5.89 Å². The average Bonchev–Trinajstić information content (AvgIpc) is 3.33. The molecule has 3 aromatic heterocycles. The highest BCUT2D eigenvalue weighted by molar-refractivity contribution is 7.98. The number of hydrogen-bond donors (Lipinski definition) is 0. The molecule has 0 radical (unpaired) electrons. The summed E-state index contributed by atoms with van der Waals surface area (Å²) in [6, 6.07) is 8.02. The molecule has 0 amide bonds. The molecule has 9 heteroatoms. The fraction of sp³-hybridized carbons (Fsp3) is 0.222. The van der Waals surface area contributed by atoms with Crippen molar-refractivity contribution >= 4 is 11.8 Å². The largest absolute Gasteiger partial charge is 0.466 e. The smallest absolute Gasteiger partial charge is 0.251 e. The van der Waals surface area contributed by atoms with Gasteiger partial charge in [-0.1, -0.05) is 11.8 Å². The third-order valence-electron chi connectivity index (χ3n) is 4.00. The first-order chi connectivity index (χ1) is 13.0. The molecule has 0 aliphatic heterocycles. The molecule has 0 fully saturated rings. The van der Waals surface area contributed by atoms with Gasteiger partial charge in [-0.25, -0.2) is 4.39 Å². The van der Waals surface area contributed by atoms with Gasteiger partial charge < -0.3 is 13.4 Å². The number of hydrogen-bond acceptors (Lipinski definition) is 7. The highest BCUT2D eigenvalue weighted by Crippen LogP contribution is 2.28. The number of rotatable bonds is 5. The van der Waals surface area contributed by atoms with Crippen LogP contribution in [0.1, 0.15) is 17.4 Å². The van der Waals surface area contributed by atoms with Crippen molar-refractivity contribution in [1.82, 2.24) is 25.0 Å². The summed E-state index contributed by atoms with van der Waals surface area (Å²) in [5, 5.41) is 17.2. The maximum Gasteiger partial charge on any atom is 0.251 e. The van der Waals surface area contributed by atoms with E-state index in [1.54, 1.807) is 12.1 Å². The average molecular weight is 385 g/mol. The van der Waals surface area contributed by atoms with Gasteiger partial charge in [0.05, 0.1) is 11.3 Å². The zero-order valence-corrected chi connectivity index (χ0v) is 15.7. The van der Waals surface area contributed by atoms with Crippen molar-refractivity contribution in [3.63, 3.8) is 0 Å². The topological polar surface area (TPSA) is 82.8 Å². The molecular formula is C18H16FN5O2S. The molecule has 4 rings (SSSR count). The number of halogens is 1. The first kappa shape index (κ1) is 17.5. The molecule has 0 saturated carbocycles. The van der Waals surface area contributed by atoms with Crippen molar-refractivity contribution < 1.29 is 13.2 Å². The van der Waals surface area contributed by atoms with E-state index in [0.717, 1.165) is 22.6 Å². The zero-order valence-electron chi connectivity index (χ0n) is 14.9. The van der Waals surface area contributed by atoms with E-state index in [0.29, 0.717) is 28.5 Å². The Hall–Kier alpha value is -2.94. The summed E-state index contributed by atoms with van der Waals surface area (Å²) in [7, 11) is 1.86. The van der Waals surface area contributed by atoms with Crippen LogP contribution in [-0.4, -0.2) is 25.0 Å². The predicted octanol–water partition coefficient (Wildman–Crippen LogP) is 4.17. The highest BCUT2D eigenvalue weighted by Gasteiger charge is 2.16. The minimum absolute atomic E-state index is 0.286. The van der Waals surface area contributed by atoms with Gasteiger partial charge in [0.1, 0.15) is 17.3 Å². The van der Waals surface area contributed by atoms with Gasteiger partial charge in [0, 0.05) is 12.6 Å². The number of aromatic nitrogens is 5. The lowest BCUT2D eigenvalue weighted by molar-refractivity contribution is 0.499. The SMILES string of the molecule is Cc1cc(-c2nnc(CSc3nnc(-c4ccc(F)cc4)n3C)o2)c(C)o1. The zero-order chi connectivity index (χ0) is 19.0. The summed E-state index contributed by atoms with van der Waals surface area (Å²) in [6.07, 6.45) is 0. The van der Waals surface area contributed by atoms with E-state index in [4.69, 9.17) is 8.83 Å². The van der Waals surface area contributed by atoms with E-state index >= 15 is 0 Å². The van der Waals surface area contributed by atoms with Crippen LogP contribution in [0, 0.1) is 19.7 Å². The van der Waals surface area contributed by atoms with E-state index < -0.39 is 0 Å². The summed E-state index contributed by atoms with van der Waals surface area (Å²) in [5.41, 5.74) is 1.60. The summed E-state index contributed by atoms with van der Waals surface area (Å²) in [4.78, 5) is 0. The summed E-state index contributed by atoms with van der Waals surface area (Å²) >= 11 is 1.43. The molecular weight excluding hydrogens is 369 g/mol. The molecule has 0 spiro atoms. The molecule has 0 aliphatic rings. The second-order valence-electron chi connectivity index (χ2n) is 5.99. The van der Waals surface area contributed by atoms with Crippen LogP contribution in [-0.2, 0) is 12.8 Å². The second kappa shape index (κ2) is 6.99. The molecule has 138 valence electrons. The number of aryl methyl sites for hydroxylation is 2. The van der Waals surface area contributed by atoms with Crippen molar-refractivity contribution in [2.75, 3.05) is 0 Å². The van der Waals surface area contributed by atoms with E-state index in [9.17, 15) is 4.39 Å². The lowest BCUT2D eigenvalue weighted by Gasteiger charge is -2.02. The van der Waals surface area contributed by atoms with Crippen LogP contribution in [0.4, 0.5) is 4.39 Å². The van der Waals surface area contributed by atoms with Crippen molar-refractivity contribution in [3.05, 3.63) is 53.6 Å². The third-order valence-corrected chi connectivity index (χ3v) is 5.01. The van der Waals surface area contributed by atoms with Gasteiger partial charge in [-0.15, -0.1) is 20.4 Å². The van der Waals surface area contributed by atoms with Crippen LogP contribution in [0.25, 0.3) is 22.8 Å². The summed E-state index contributed by atoms with van der Waals surface area (Å²) in [6.45, 7) is 3.73. The molecule has 0 unspecified atom stereocenters. The fourth-order valence-electron chi connectivity index (χ4n) is 2.68. The lowest BCUT2D eigenvalue weighted by atomic mass is 10.2. The molecule has 0 bridgehead atoms. The minimum atomic E-state index is -0.286. The van der Waals surface area contributed by atoms with E-state index in [1.165, 1.54) is 23.9 Å². The van der Waals surface area contributed by atoms with E-state index in [2.05, 4.69) is 20.4 Å². The quantitative estimate of drug-likeness (QED) is 0.477. The van der Waals surface area contributed by atoms with Crippen LogP contribution in [0.5, 0.6) is 0 Å². The standard InChI is InChI=1S/C18H16FN5O2S/c1-10-8-14(11(2)25-10)17-22-20-15(26-17)9-27-18-23-21-16(24(18)3)12-4-6-13(19)7-5-12/h4-8H,9H2,1-3H3. The number of benzene rings is 1. The summed E-state index contributed by atoms with van der Waals surface area (Å²) in [5.74, 6) is 3.29. The minimum Gasteiger partial charge on any atom is -0.466 e. The van der Waals surface area contributed by atoms with E-state index in [1.807, 2.05) is 31.5 Å². The first-order valence-corrected chi connectivity index (χ1v) is 9.18. The number of furan rings is 1. The Bertz CT molecular complexity index is 1080. The van der Waals surface area contributed by atoms with Gasteiger partial charge in [-0.3, -0.25) is 0 Å². The van der Waals surface area contributed by atoms with Crippen LogP contribution in [0.15, 0.2) is 44.3 Å². The van der Waals surface area contributed by atoms with Gasteiger partial charge in [0.25, 0.3) is 5.89 Å². The Kier molecular flexibility index (Phi) is 4.53. The molecule has 27 heavy (non-hydrogen) atoms. The molecule has 1 aromatic carbocycles. The normalized spacial score (nSPS) is 11.3. The molecule has 7 nitrogen and oxygen atoms in total. The maximum absolute atomic E-state index is 13.1. The van der Waals surface area contributed by atoms with Crippen LogP contribution in [0.3, 0.4) is 0 Å². The van der Waals surface area contributed by atoms with Gasteiger partial charge in [-0.2, -0.15) is 0 Å². The van der Waals surface area contributed by atoms with E-state index in [-0.39, 0.29) is 5.82 Å². The van der Waals surface area contributed by atoms with Gasteiger partial charge in [0.15, 0.2) is 11.0 Å². The molecule has 0 atom stereocenters. The molecule has 3 heterocycles. The van der Waals surface area contributed by atoms with Gasteiger partial charge in [-0.05, 0) is 44.2 Å². The molecule has 0 N–H and O–H groups in total. The maximum atomic E-state index is 13.1. The van der Waals surface area contributed by atoms with Gasteiger partial charge >= 0.3 is 0 Å². The van der Waals surface area contributed by atoms with Crippen molar-refractivity contribution in [1.29, 1.82) is 0 Å². The first-order valence-electron chi connectivity index (χ1n) is 8.19. The van der Waals surface area contributed by atoms with Crippen molar-refractivity contribution in [2.45, 2.75) is 24.8 Å². The predicted molar refractivity (Wildman–Crippen MR) is 97.4 cm³/mol. The highest BCUT2D eigenvalue weighted by atomic mass is 32.2. The lowest BCUT2D eigenvalue weighted by Crippen LogP contribution is -1.95. The Morgan fingerprint density at radius 1 is 1.04 bits per heavy atom. The van der Waals surface area contributed by atoms with Crippen LogP contribution in [0.2, 0.25) is 0 Å². The Balaban J connectivity index is 1.48. The van der Waals surface area contributed by atoms with Crippen molar-refractivity contribution in [2.24, 2.45) is 7.05 Å². The summed E-state index contributed by atoms with van der Waals surface area (Å²) < 4.78 is 26.2.